The number of benzene rings is 2. The molecule has 1 aliphatic heterocycles. The Bertz CT molecular complexity index is 2340. The topological polar surface area (TPSA) is 141 Å². The summed E-state index contributed by atoms with van der Waals surface area (Å²) in [4.78, 5) is 30.7. The van der Waals surface area contributed by atoms with E-state index in [0.717, 1.165) is 48.9 Å². The van der Waals surface area contributed by atoms with Crippen molar-refractivity contribution in [3.05, 3.63) is 93.6 Å². The van der Waals surface area contributed by atoms with Crippen molar-refractivity contribution < 1.29 is 19.1 Å². The number of aromatic nitrogens is 3. The van der Waals surface area contributed by atoms with Crippen LogP contribution in [0, 0.1) is 17.2 Å². The predicted octanol–water partition coefficient (Wildman–Crippen LogP) is 7.68. The van der Waals surface area contributed by atoms with Gasteiger partial charge in [-0.05, 0) is 68.6 Å². The number of nitriles is 1. The number of fused-ring (bicyclic) bond motifs is 3. The number of carbonyl (C=O) groups is 1. The maximum atomic E-state index is 12.3. The summed E-state index contributed by atoms with van der Waals surface area (Å²) in [5.41, 5.74) is 6.66. The number of nitrogens with one attached hydrogen (secondary N) is 1. The van der Waals surface area contributed by atoms with E-state index in [4.69, 9.17) is 42.3 Å². The van der Waals surface area contributed by atoms with Crippen molar-refractivity contribution in [3.63, 3.8) is 0 Å². The van der Waals surface area contributed by atoms with Gasteiger partial charge in [-0.3, -0.25) is 19.6 Å². The highest BCUT2D eigenvalue weighted by atomic mass is 35.5. The van der Waals surface area contributed by atoms with E-state index in [1.54, 1.807) is 13.1 Å². The minimum Gasteiger partial charge on any atom is -0.465 e. The quantitative estimate of drug-likeness (QED) is 0.135. The molecule has 3 aliphatic rings. The molecule has 11 nitrogen and oxygen atoms in total. The average molecular weight is 765 g/mol. The molecule has 2 aromatic carbocycles. The first-order valence-corrected chi connectivity index (χ1v) is 19.0. The normalized spacial score (nSPS) is 19.6. The van der Waals surface area contributed by atoms with Crippen molar-refractivity contribution >= 4 is 57.2 Å². The van der Waals surface area contributed by atoms with Crippen LogP contribution in [0.15, 0.2) is 70.9 Å². The van der Waals surface area contributed by atoms with Gasteiger partial charge in [-0.1, -0.05) is 47.5 Å². The number of oxazole rings is 1. The average Bonchev–Trinajstić information content (AvgIpc) is 3.90. The molecule has 3 atom stereocenters. The number of ether oxygens (including phenoxy) is 1. The van der Waals surface area contributed by atoms with E-state index in [2.05, 4.69) is 27.3 Å². The monoisotopic (exact) mass is 763 g/mol. The molecule has 0 spiro atoms. The maximum absolute atomic E-state index is 12.3. The van der Waals surface area contributed by atoms with E-state index in [1.807, 2.05) is 60.6 Å². The summed E-state index contributed by atoms with van der Waals surface area (Å²) >= 11 is 14.2. The summed E-state index contributed by atoms with van der Waals surface area (Å²) in [5, 5.41) is 25.4. The van der Waals surface area contributed by atoms with Crippen LogP contribution in [0.1, 0.15) is 43.2 Å². The molecule has 1 saturated carbocycles. The standard InChI is InChI=1S/C41H39Cl2N7O4/c1-3-53-35(52)22-49(2)34-11-10-26-30(34)17-33-39(31(26)18-44)54-41(48-33)29-8-4-6-27(36(29)42)28-7-5-9-32(37(28)43)47-40-38-24(12-14-45-40)16-23(19-46-38)20-50-15-13-25(51)21-50/h4-9,12,14,16,19,25,30,34,51H,3,10-11,13,15,17,20-22H2,1-2H3,(H,45,47)/t25-,30?,34+/m1/s1. The molecule has 5 aromatic rings. The number of halogens is 2. The SMILES string of the molecule is CCOC(=O)CN(C)[C@H]1CCC2=C(C#N)c3oc(-c4cccc(-c5cccc(Nc6nccc7cc(CN8CC[C@@H](O)C8)cnc67)c5Cl)c4Cl)nc3CC21. The third-order valence-electron chi connectivity index (χ3n) is 10.7. The Morgan fingerprint density at radius 2 is 1.93 bits per heavy atom. The molecular weight excluding hydrogens is 725 g/mol. The third-order valence-corrected chi connectivity index (χ3v) is 11.5. The Labute approximate surface area is 323 Å². The number of β-amino-alcohol motifs (C(OH)–C–C–N with tert-alkyl or cyclic N) is 1. The second-order valence-electron chi connectivity index (χ2n) is 14.2. The van der Waals surface area contributed by atoms with Crippen molar-refractivity contribution in [2.45, 2.75) is 51.3 Å². The Hall–Kier alpha value is -4.83. The van der Waals surface area contributed by atoms with Crippen LogP contribution in [0.25, 0.3) is 39.1 Å². The van der Waals surface area contributed by atoms with Gasteiger partial charge in [0, 0.05) is 66.9 Å². The third kappa shape index (κ3) is 6.85. The number of likely N-dealkylation sites (N-methyl/N-ethyl adjacent to an activating group) is 1. The molecule has 2 N–H and O–H groups in total. The summed E-state index contributed by atoms with van der Waals surface area (Å²) in [5.74, 6) is 1.16. The molecule has 0 radical (unpaired) electrons. The summed E-state index contributed by atoms with van der Waals surface area (Å²) in [6.45, 7) is 4.58. The first kappa shape index (κ1) is 36.2. The fourth-order valence-corrected chi connectivity index (χ4v) is 8.77. The van der Waals surface area contributed by atoms with E-state index in [0.29, 0.717) is 86.2 Å². The molecule has 2 aliphatic carbocycles. The number of carbonyl (C=O) groups excluding carboxylic acids is 1. The molecule has 0 bridgehead atoms. The molecule has 3 aromatic heterocycles. The zero-order valence-electron chi connectivity index (χ0n) is 30.0. The van der Waals surface area contributed by atoms with Gasteiger partial charge in [-0.2, -0.15) is 5.26 Å². The minimum absolute atomic E-state index is 0.0405. The molecule has 13 heteroatoms. The van der Waals surface area contributed by atoms with E-state index < -0.39 is 0 Å². The summed E-state index contributed by atoms with van der Waals surface area (Å²) < 4.78 is 11.5. The number of rotatable bonds is 10. The molecule has 276 valence electrons. The number of esters is 1. The number of nitrogens with zero attached hydrogens (tertiary/aromatic N) is 6. The fraction of sp³-hybridized carbons (Fsp3) is 0.341. The number of allylic oxidation sites excluding steroid dienone is 1. The number of aliphatic hydroxyl groups is 1. The van der Waals surface area contributed by atoms with Gasteiger partial charge in [-0.25, -0.2) is 9.97 Å². The van der Waals surface area contributed by atoms with Gasteiger partial charge in [0.25, 0.3) is 0 Å². The first-order valence-electron chi connectivity index (χ1n) is 18.2. The van der Waals surface area contributed by atoms with Gasteiger partial charge < -0.3 is 19.6 Å². The van der Waals surface area contributed by atoms with Gasteiger partial charge in [0.2, 0.25) is 5.89 Å². The van der Waals surface area contributed by atoms with Gasteiger partial charge >= 0.3 is 5.97 Å². The lowest BCUT2D eigenvalue weighted by Crippen LogP contribution is -2.40. The van der Waals surface area contributed by atoms with E-state index >= 15 is 0 Å². The Kier molecular flexibility index (Phi) is 10.1. The number of hydrogen-bond donors (Lipinski definition) is 2. The molecule has 0 amide bonds. The number of anilines is 2. The summed E-state index contributed by atoms with van der Waals surface area (Å²) in [6.07, 6.45) is 6.29. The lowest BCUT2D eigenvalue weighted by Gasteiger charge is -2.30. The van der Waals surface area contributed by atoms with Crippen LogP contribution in [-0.4, -0.2) is 81.3 Å². The molecule has 4 heterocycles. The highest BCUT2D eigenvalue weighted by Gasteiger charge is 2.42. The molecule has 1 unspecified atom stereocenters. The molecule has 54 heavy (non-hydrogen) atoms. The maximum Gasteiger partial charge on any atom is 0.320 e. The minimum atomic E-state index is -0.272. The highest BCUT2D eigenvalue weighted by molar-refractivity contribution is 6.39. The van der Waals surface area contributed by atoms with Crippen LogP contribution in [0.2, 0.25) is 10.0 Å². The Morgan fingerprint density at radius 1 is 1.13 bits per heavy atom. The molecule has 2 fully saturated rings. The zero-order valence-corrected chi connectivity index (χ0v) is 31.5. The van der Waals surface area contributed by atoms with Gasteiger partial charge in [0.15, 0.2) is 11.6 Å². The second kappa shape index (κ2) is 15.1. The van der Waals surface area contributed by atoms with Gasteiger partial charge in [-0.15, -0.1) is 0 Å². The summed E-state index contributed by atoms with van der Waals surface area (Å²) in [7, 11) is 1.93. The lowest BCUT2D eigenvalue weighted by molar-refractivity contribution is -0.144. The lowest BCUT2D eigenvalue weighted by atomic mass is 9.84. The van der Waals surface area contributed by atoms with Crippen LogP contribution >= 0.6 is 23.2 Å². The van der Waals surface area contributed by atoms with Crippen LogP contribution in [-0.2, 0) is 22.5 Å². The predicted molar refractivity (Wildman–Crippen MR) is 208 cm³/mol. The fourth-order valence-electron chi connectivity index (χ4n) is 8.19. The van der Waals surface area contributed by atoms with E-state index in [-0.39, 0.29) is 30.6 Å². The number of aliphatic hydroxyl groups excluding tert-OH is 1. The van der Waals surface area contributed by atoms with Crippen molar-refractivity contribution in [3.8, 4) is 28.7 Å². The van der Waals surface area contributed by atoms with Crippen molar-refractivity contribution in [1.82, 2.24) is 24.8 Å². The van der Waals surface area contributed by atoms with E-state index in [1.165, 1.54) is 0 Å². The Morgan fingerprint density at radius 3 is 2.70 bits per heavy atom. The number of likely N-dealkylation sites (tertiary alicyclic amines) is 1. The summed E-state index contributed by atoms with van der Waals surface area (Å²) in [6, 6.07) is 17.8. The van der Waals surface area contributed by atoms with Gasteiger partial charge in [0.05, 0.1) is 51.8 Å². The highest BCUT2D eigenvalue weighted by Crippen LogP contribution is 2.48. The smallest absolute Gasteiger partial charge is 0.320 e. The number of pyridine rings is 2. The zero-order chi connectivity index (χ0) is 37.5. The largest absolute Gasteiger partial charge is 0.465 e. The van der Waals surface area contributed by atoms with Crippen LogP contribution in [0.5, 0.6) is 0 Å². The van der Waals surface area contributed by atoms with Crippen molar-refractivity contribution in [1.29, 1.82) is 5.26 Å². The van der Waals surface area contributed by atoms with E-state index in [9.17, 15) is 15.2 Å². The van der Waals surface area contributed by atoms with Crippen molar-refractivity contribution in [2.75, 3.05) is 38.6 Å². The molecule has 1 saturated heterocycles. The first-order chi connectivity index (χ1) is 26.2. The molecule has 8 rings (SSSR count). The van der Waals surface area contributed by atoms with Crippen LogP contribution in [0.4, 0.5) is 11.5 Å². The second-order valence-corrected chi connectivity index (χ2v) is 14.9. The number of hydrogen-bond acceptors (Lipinski definition) is 11. The van der Waals surface area contributed by atoms with Crippen molar-refractivity contribution in [2.24, 2.45) is 5.92 Å². The Balaban J connectivity index is 1.06. The van der Waals surface area contributed by atoms with Gasteiger partial charge in [0.1, 0.15) is 11.6 Å². The van der Waals surface area contributed by atoms with Crippen LogP contribution < -0.4 is 5.32 Å². The molecular formula is C41H39Cl2N7O4. The van der Waals surface area contributed by atoms with Crippen LogP contribution in [0.3, 0.4) is 0 Å².